The molecule has 0 spiro atoms. The fourth-order valence-electron chi connectivity index (χ4n) is 6.85. The van der Waals surface area contributed by atoms with Crippen LogP contribution < -0.4 is 0 Å². The Balaban J connectivity index is 1.78. The van der Waals surface area contributed by atoms with E-state index in [1.807, 2.05) is 24.3 Å². The van der Waals surface area contributed by atoms with Crippen LogP contribution in [0.25, 0.3) is 0 Å². The van der Waals surface area contributed by atoms with E-state index in [1.54, 1.807) is 0 Å². The maximum absolute atomic E-state index is 7.25. The normalized spacial score (nSPS) is 51.2. The summed E-state index contributed by atoms with van der Waals surface area (Å²) in [6.45, 7) is 0. The molecule has 0 nitrogen and oxygen atoms in total. The lowest BCUT2D eigenvalue weighted by Crippen LogP contribution is -2.53. The summed E-state index contributed by atoms with van der Waals surface area (Å²) < 4.78 is -3.60. The van der Waals surface area contributed by atoms with Crippen LogP contribution >= 0.6 is 139 Å². The van der Waals surface area contributed by atoms with Gasteiger partial charge in [0.1, 0.15) is 19.5 Å². The van der Waals surface area contributed by atoms with Crippen molar-refractivity contribution in [1.82, 2.24) is 0 Å². The second-order valence-electron chi connectivity index (χ2n) is 8.89. The summed E-state index contributed by atoms with van der Waals surface area (Å²) in [5.41, 5.74) is 1.59. The minimum absolute atomic E-state index is 0.0489. The van der Waals surface area contributed by atoms with Crippen molar-refractivity contribution in [2.75, 3.05) is 0 Å². The van der Waals surface area contributed by atoms with Crippen molar-refractivity contribution in [2.24, 2.45) is 11.8 Å². The zero-order chi connectivity index (χ0) is 23.6. The van der Waals surface area contributed by atoms with Gasteiger partial charge in [-0.05, 0) is 11.1 Å². The Hall–Kier alpha value is 2.18. The molecule has 4 bridgehead atoms. The lowest BCUT2D eigenvalue weighted by Gasteiger charge is -2.52. The molecule has 0 radical (unpaired) electrons. The molecular formula is C20H8Cl12. The van der Waals surface area contributed by atoms with Gasteiger partial charge in [-0.1, -0.05) is 117 Å². The van der Waals surface area contributed by atoms with Crippen LogP contribution in [0, 0.1) is 11.8 Å². The second kappa shape index (κ2) is 6.59. The van der Waals surface area contributed by atoms with E-state index in [0.717, 1.165) is 11.1 Å². The van der Waals surface area contributed by atoms with Gasteiger partial charge < -0.3 is 0 Å². The predicted octanol–water partition coefficient (Wildman–Crippen LogP) is 9.79. The number of allylic oxidation sites excluding steroid dienone is 4. The lowest BCUT2D eigenvalue weighted by atomic mass is 9.57. The SMILES string of the molecule is ClC1=C(Cl)[C@@]2(Cl)[C@@H]3c4ccccc4[C@H]4[C@@H]([C@H]3[C@@]1(Cl)C2(Cl)Cl)[C@]1(Cl)C(Cl)=C(Cl)[C@]4(Cl)C1(Cl)Cl. The minimum atomic E-state index is -1.80. The standard InChI is InChI=1S/C20H8Cl12/c21-11-13(23)17(27)9-7(15(11,25)19(17,29)30)5-3-1-2-4-6(5)8-10(9)18(28)14(24)12(22)16(8,26)20(18,31)32/h1-4,7-10H/t7-,8+,9-,10-,15-,16-,17-,18-/m0/s1. The van der Waals surface area contributed by atoms with Gasteiger partial charge in [-0.15, -0.1) is 46.4 Å². The first kappa shape index (κ1) is 24.5. The zero-order valence-electron chi connectivity index (χ0n) is 15.2. The van der Waals surface area contributed by atoms with Crippen molar-refractivity contribution in [2.45, 2.75) is 40.0 Å². The summed E-state index contributed by atoms with van der Waals surface area (Å²) in [5.74, 6) is -2.54. The van der Waals surface area contributed by atoms with Crippen molar-refractivity contribution in [3.8, 4) is 0 Å². The fraction of sp³-hybridized carbons (Fsp3) is 0.500. The first-order chi connectivity index (χ1) is 14.6. The Morgan fingerprint density at radius 2 is 0.750 bits per heavy atom. The van der Waals surface area contributed by atoms with Crippen molar-refractivity contribution in [1.29, 1.82) is 0 Å². The number of hydrogen-bond acceptors (Lipinski definition) is 0. The molecule has 0 aromatic heterocycles. The minimum Gasteiger partial charge on any atom is -0.109 e. The number of halogens is 12. The van der Waals surface area contributed by atoms with Crippen molar-refractivity contribution >= 4 is 139 Å². The first-order valence-electron chi connectivity index (χ1n) is 9.33. The highest BCUT2D eigenvalue weighted by Crippen LogP contribution is 2.88. The Morgan fingerprint density at radius 1 is 0.469 bits per heavy atom. The molecule has 1 aromatic carbocycles. The Bertz CT molecular complexity index is 1100. The van der Waals surface area contributed by atoms with Crippen molar-refractivity contribution in [3.63, 3.8) is 0 Å². The van der Waals surface area contributed by atoms with Crippen LogP contribution in [0.4, 0.5) is 0 Å². The van der Waals surface area contributed by atoms with Crippen LogP contribution in [0.1, 0.15) is 23.0 Å². The highest BCUT2D eigenvalue weighted by molar-refractivity contribution is 6.67. The van der Waals surface area contributed by atoms with Crippen molar-refractivity contribution in [3.05, 3.63) is 55.5 Å². The van der Waals surface area contributed by atoms with E-state index in [2.05, 4.69) is 0 Å². The Kier molecular flexibility index (Phi) is 5.05. The second-order valence-corrected chi connectivity index (χ2v) is 15.4. The predicted molar refractivity (Wildman–Crippen MR) is 140 cm³/mol. The van der Waals surface area contributed by atoms with Crippen LogP contribution in [0.15, 0.2) is 44.4 Å². The molecule has 0 unspecified atom stereocenters. The van der Waals surface area contributed by atoms with Crippen molar-refractivity contribution < 1.29 is 0 Å². The molecule has 5 aliphatic rings. The van der Waals surface area contributed by atoms with Gasteiger partial charge in [0.05, 0.1) is 20.1 Å². The molecule has 32 heavy (non-hydrogen) atoms. The highest BCUT2D eigenvalue weighted by atomic mass is 35.5. The average molecular weight is 674 g/mol. The van der Waals surface area contributed by atoms with Gasteiger partial charge in [-0.25, -0.2) is 0 Å². The molecule has 5 aliphatic carbocycles. The van der Waals surface area contributed by atoms with Crippen LogP contribution in [0.2, 0.25) is 0 Å². The summed E-state index contributed by atoms with van der Waals surface area (Å²) in [6, 6.07) is 7.51. The molecule has 0 saturated heterocycles. The maximum atomic E-state index is 7.25. The first-order valence-corrected chi connectivity index (χ1v) is 13.9. The number of fused-ring (bicyclic) bond motifs is 14. The number of hydrogen-bond donors (Lipinski definition) is 0. The Labute approximate surface area is 244 Å². The topological polar surface area (TPSA) is 0 Å². The summed E-state index contributed by atoms with van der Waals surface area (Å²) in [4.78, 5) is -6.33. The van der Waals surface area contributed by atoms with E-state index in [1.165, 1.54) is 0 Å². The highest BCUT2D eigenvalue weighted by Gasteiger charge is 2.91. The molecule has 1 aromatic rings. The van der Waals surface area contributed by atoms with E-state index in [9.17, 15) is 0 Å². The maximum Gasteiger partial charge on any atom is 0.167 e. The van der Waals surface area contributed by atoms with Gasteiger partial charge in [-0.2, -0.15) is 0 Å². The zero-order valence-corrected chi connectivity index (χ0v) is 24.2. The lowest BCUT2D eigenvalue weighted by molar-refractivity contribution is 0.201. The molecule has 6 rings (SSSR count). The van der Waals surface area contributed by atoms with Gasteiger partial charge in [0.2, 0.25) is 0 Å². The van der Waals surface area contributed by atoms with Gasteiger partial charge in [-0.3, -0.25) is 0 Å². The monoisotopic (exact) mass is 668 g/mol. The largest absolute Gasteiger partial charge is 0.167 e. The molecule has 0 amide bonds. The molecule has 2 saturated carbocycles. The van der Waals surface area contributed by atoms with Crippen LogP contribution in [0.3, 0.4) is 0 Å². The van der Waals surface area contributed by atoms with Gasteiger partial charge in [0.15, 0.2) is 8.67 Å². The molecular weight excluding hydrogens is 666 g/mol. The molecule has 0 N–H and O–H groups in total. The third-order valence-corrected chi connectivity index (χ3v) is 16.6. The summed E-state index contributed by atoms with van der Waals surface area (Å²) in [6.07, 6.45) is 0. The van der Waals surface area contributed by atoms with Gasteiger partial charge in [0.25, 0.3) is 0 Å². The van der Waals surface area contributed by atoms with E-state index in [-0.39, 0.29) is 20.1 Å². The fourth-order valence-corrected chi connectivity index (χ4v) is 12.9. The molecule has 0 heterocycles. The molecule has 172 valence electrons. The average Bonchev–Trinajstić information content (AvgIpc) is 3.08. The van der Waals surface area contributed by atoms with E-state index >= 15 is 0 Å². The third-order valence-electron chi connectivity index (χ3n) is 8.04. The Morgan fingerprint density at radius 3 is 1.06 bits per heavy atom. The van der Waals surface area contributed by atoms with E-state index in [4.69, 9.17) is 139 Å². The molecule has 12 heteroatoms. The van der Waals surface area contributed by atoms with Gasteiger partial charge >= 0.3 is 0 Å². The van der Waals surface area contributed by atoms with E-state index < -0.39 is 51.8 Å². The van der Waals surface area contributed by atoms with Crippen LogP contribution in [-0.4, -0.2) is 28.2 Å². The molecule has 2 fully saturated rings. The van der Waals surface area contributed by atoms with E-state index in [0.29, 0.717) is 0 Å². The van der Waals surface area contributed by atoms with Crippen LogP contribution in [-0.2, 0) is 0 Å². The quantitative estimate of drug-likeness (QED) is 0.241. The summed E-state index contributed by atoms with van der Waals surface area (Å²) in [5, 5.41) is 0.274. The third kappa shape index (κ3) is 2.00. The molecule has 8 atom stereocenters. The molecule has 0 aliphatic heterocycles. The summed E-state index contributed by atoms with van der Waals surface area (Å²) in [7, 11) is 0. The number of alkyl halides is 8. The smallest absolute Gasteiger partial charge is 0.109 e. The number of rotatable bonds is 0. The summed E-state index contributed by atoms with van der Waals surface area (Å²) >= 11 is 83.3. The number of benzene rings is 1. The van der Waals surface area contributed by atoms with Gasteiger partial charge in [0, 0.05) is 23.7 Å². The van der Waals surface area contributed by atoms with Crippen LogP contribution in [0.5, 0.6) is 0 Å².